The van der Waals surface area contributed by atoms with E-state index < -0.39 is 0 Å². The van der Waals surface area contributed by atoms with Gasteiger partial charge in [0.05, 0.1) is 7.11 Å². The SMILES string of the molecule is COc1cc(CC(C)(C)CO)cc(O)c1O. The van der Waals surface area contributed by atoms with Crippen LogP contribution in [0.4, 0.5) is 0 Å². The number of rotatable bonds is 4. The highest BCUT2D eigenvalue weighted by Gasteiger charge is 2.19. The van der Waals surface area contributed by atoms with Crippen LogP contribution in [0, 0.1) is 5.41 Å². The highest BCUT2D eigenvalue weighted by atomic mass is 16.5. The van der Waals surface area contributed by atoms with Gasteiger partial charge >= 0.3 is 0 Å². The summed E-state index contributed by atoms with van der Waals surface area (Å²) in [5.74, 6) is -0.222. The van der Waals surface area contributed by atoms with Crippen molar-refractivity contribution in [2.45, 2.75) is 20.3 Å². The van der Waals surface area contributed by atoms with Gasteiger partial charge < -0.3 is 20.1 Å². The first-order chi connectivity index (χ1) is 7.39. The lowest BCUT2D eigenvalue weighted by atomic mass is 9.86. The van der Waals surface area contributed by atoms with Crippen molar-refractivity contribution in [1.29, 1.82) is 0 Å². The molecular weight excluding hydrogens is 208 g/mol. The van der Waals surface area contributed by atoms with Gasteiger partial charge in [-0.05, 0) is 29.5 Å². The van der Waals surface area contributed by atoms with Gasteiger partial charge in [-0.3, -0.25) is 0 Å². The predicted octanol–water partition coefficient (Wildman–Crippen LogP) is 1.67. The molecule has 1 aromatic carbocycles. The molecule has 0 bridgehead atoms. The molecule has 16 heavy (non-hydrogen) atoms. The van der Waals surface area contributed by atoms with E-state index in [9.17, 15) is 10.2 Å². The van der Waals surface area contributed by atoms with Gasteiger partial charge in [-0.25, -0.2) is 0 Å². The van der Waals surface area contributed by atoms with Crippen molar-refractivity contribution < 1.29 is 20.1 Å². The summed E-state index contributed by atoms with van der Waals surface area (Å²) in [6.07, 6.45) is 0.591. The van der Waals surface area contributed by atoms with Gasteiger partial charge in [0.1, 0.15) is 0 Å². The molecule has 0 aliphatic heterocycles. The summed E-state index contributed by atoms with van der Waals surface area (Å²) < 4.78 is 4.94. The second-order valence-corrected chi connectivity index (χ2v) is 4.66. The smallest absolute Gasteiger partial charge is 0.200 e. The molecule has 3 N–H and O–H groups in total. The number of aliphatic hydroxyl groups excluding tert-OH is 1. The molecule has 1 rings (SSSR count). The zero-order valence-electron chi connectivity index (χ0n) is 9.82. The first kappa shape index (κ1) is 12.6. The number of hydrogen-bond acceptors (Lipinski definition) is 4. The van der Waals surface area contributed by atoms with Crippen molar-refractivity contribution >= 4 is 0 Å². The fourth-order valence-electron chi connectivity index (χ4n) is 1.51. The Hall–Kier alpha value is -1.42. The fraction of sp³-hybridized carbons (Fsp3) is 0.500. The molecule has 90 valence electrons. The zero-order valence-corrected chi connectivity index (χ0v) is 9.82. The van der Waals surface area contributed by atoms with Gasteiger partial charge in [0, 0.05) is 6.61 Å². The van der Waals surface area contributed by atoms with Crippen LogP contribution in [0.5, 0.6) is 17.2 Å². The van der Waals surface area contributed by atoms with Gasteiger partial charge in [-0.15, -0.1) is 0 Å². The Morgan fingerprint density at radius 1 is 1.25 bits per heavy atom. The van der Waals surface area contributed by atoms with E-state index in [0.717, 1.165) is 5.56 Å². The molecule has 0 unspecified atom stereocenters. The Morgan fingerprint density at radius 2 is 1.88 bits per heavy atom. The van der Waals surface area contributed by atoms with Crippen molar-refractivity contribution in [3.63, 3.8) is 0 Å². The minimum Gasteiger partial charge on any atom is -0.504 e. The average Bonchev–Trinajstić information content (AvgIpc) is 2.22. The van der Waals surface area contributed by atoms with E-state index in [0.29, 0.717) is 6.42 Å². The first-order valence-corrected chi connectivity index (χ1v) is 5.09. The lowest BCUT2D eigenvalue weighted by Crippen LogP contribution is -2.19. The maximum atomic E-state index is 9.49. The summed E-state index contributed by atoms with van der Waals surface area (Å²) in [5.41, 5.74) is 0.542. The Morgan fingerprint density at radius 3 is 2.38 bits per heavy atom. The summed E-state index contributed by atoms with van der Waals surface area (Å²) in [7, 11) is 1.43. The topological polar surface area (TPSA) is 69.9 Å². The van der Waals surface area contributed by atoms with Crippen molar-refractivity contribution in [2.75, 3.05) is 13.7 Å². The van der Waals surface area contributed by atoms with Crippen molar-refractivity contribution in [2.24, 2.45) is 5.41 Å². The number of hydrogen-bond donors (Lipinski definition) is 3. The average molecular weight is 226 g/mol. The van der Waals surface area contributed by atoms with Crippen LogP contribution in [0.1, 0.15) is 19.4 Å². The molecule has 0 amide bonds. The monoisotopic (exact) mass is 226 g/mol. The van der Waals surface area contributed by atoms with Gasteiger partial charge in [-0.2, -0.15) is 0 Å². The Balaban J connectivity index is 3.03. The molecule has 0 saturated heterocycles. The minimum absolute atomic E-state index is 0.0525. The molecule has 0 saturated carbocycles. The van der Waals surface area contributed by atoms with E-state index in [4.69, 9.17) is 9.84 Å². The van der Waals surface area contributed by atoms with E-state index in [2.05, 4.69) is 0 Å². The van der Waals surface area contributed by atoms with Gasteiger partial charge in [0.2, 0.25) is 5.75 Å². The van der Waals surface area contributed by atoms with Gasteiger partial charge in [0.25, 0.3) is 0 Å². The number of phenolic OH excluding ortho intramolecular Hbond substituents is 2. The second-order valence-electron chi connectivity index (χ2n) is 4.66. The highest BCUT2D eigenvalue weighted by molar-refractivity contribution is 5.52. The van der Waals surface area contributed by atoms with Crippen molar-refractivity contribution in [3.05, 3.63) is 17.7 Å². The minimum atomic E-state index is -0.269. The number of benzene rings is 1. The van der Waals surface area contributed by atoms with E-state index >= 15 is 0 Å². The molecule has 4 nitrogen and oxygen atoms in total. The molecule has 4 heteroatoms. The van der Waals surface area contributed by atoms with Crippen LogP contribution in [0.15, 0.2) is 12.1 Å². The van der Waals surface area contributed by atoms with Crippen LogP contribution in [0.3, 0.4) is 0 Å². The summed E-state index contributed by atoms with van der Waals surface area (Å²) >= 11 is 0. The summed E-state index contributed by atoms with van der Waals surface area (Å²) in [5, 5.41) is 28.1. The number of ether oxygens (including phenoxy) is 1. The summed E-state index contributed by atoms with van der Waals surface area (Å²) in [6.45, 7) is 3.89. The fourth-order valence-corrected chi connectivity index (χ4v) is 1.51. The lowest BCUT2D eigenvalue weighted by molar-refractivity contribution is 0.159. The molecule has 1 aromatic rings. The van der Waals surface area contributed by atoms with E-state index in [1.807, 2.05) is 13.8 Å². The normalized spacial score (nSPS) is 11.5. The molecular formula is C12H18O4. The van der Waals surface area contributed by atoms with Gasteiger partial charge in [-0.1, -0.05) is 13.8 Å². The lowest BCUT2D eigenvalue weighted by Gasteiger charge is -2.22. The molecule has 0 aliphatic carbocycles. The van der Waals surface area contributed by atoms with Crippen LogP contribution in [0.2, 0.25) is 0 Å². The number of methoxy groups -OCH3 is 1. The number of aromatic hydroxyl groups is 2. The maximum Gasteiger partial charge on any atom is 0.200 e. The third-order valence-electron chi connectivity index (χ3n) is 2.45. The molecule has 0 aromatic heterocycles. The standard InChI is InChI=1S/C12H18O4/c1-12(2,7-13)6-8-4-9(14)11(15)10(5-8)16-3/h4-5,13-15H,6-7H2,1-3H3. The third kappa shape index (κ3) is 2.79. The molecule has 0 aliphatic rings. The quantitative estimate of drug-likeness (QED) is 0.683. The predicted molar refractivity (Wildman–Crippen MR) is 60.9 cm³/mol. The van der Waals surface area contributed by atoms with E-state index in [1.165, 1.54) is 13.2 Å². The first-order valence-electron chi connectivity index (χ1n) is 5.09. The Bertz CT molecular complexity index is 372. The van der Waals surface area contributed by atoms with E-state index in [-0.39, 0.29) is 29.3 Å². The van der Waals surface area contributed by atoms with Crippen LogP contribution in [-0.4, -0.2) is 29.0 Å². The maximum absolute atomic E-state index is 9.49. The third-order valence-corrected chi connectivity index (χ3v) is 2.45. The second kappa shape index (κ2) is 4.61. The molecule has 0 heterocycles. The van der Waals surface area contributed by atoms with Crippen LogP contribution in [-0.2, 0) is 6.42 Å². The van der Waals surface area contributed by atoms with Crippen LogP contribution in [0.25, 0.3) is 0 Å². The summed E-state index contributed by atoms with van der Waals surface area (Å²) in [6, 6.07) is 3.14. The molecule has 0 atom stereocenters. The molecule has 0 fully saturated rings. The molecule has 0 spiro atoms. The van der Waals surface area contributed by atoms with Crippen molar-refractivity contribution in [3.8, 4) is 17.2 Å². The Kier molecular flexibility index (Phi) is 3.65. The zero-order chi connectivity index (χ0) is 12.3. The molecule has 0 radical (unpaired) electrons. The summed E-state index contributed by atoms with van der Waals surface area (Å²) in [4.78, 5) is 0. The van der Waals surface area contributed by atoms with Crippen LogP contribution < -0.4 is 4.74 Å². The Labute approximate surface area is 95.1 Å². The highest BCUT2D eigenvalue weighted by Crippen LogP contribution is 2.37. The van der Waals surface area contributed by atoms with Crippen molar-refractivity contribution in [1.82, 2.24) is 0 Å². The number of phenols is 2. The van der Waals surface area contributed by atoms with E-state index in [1.54, 1.807) is 6.07 Å². The van der Waals surface area contributed by atoms with Gasteiger partial charge in [0.15, 0.2) is 11.5 Å². The number of aliphatic hydroxyl groups is 1. The largest absolute Gasteiger partial charge is 0.504 e. The van der Waals surface area contributed by atoms with Crippen LogP contribution >= 0.6 is 0 Å².